The van der Waals surface area contributed by atoms with Crippen molar-refractivity contribution >= 4 is 11.6 Å². The fourth-order valence-electron chi connectivity index (χ4n) is 2.51. The number of rotatable bonds is 8. The van der Waals surface area contributed by atoms with Crippen molar-refractivity contribution in [3.8, 4) is 11.5 Å². The van der Waals surface area contributed by atoms with Crippen LogP contribution in [0.5, 0.6) is 11.5 Å². The summed E-state index contributed by atoms with van der Waals surface area (Å²) in [6, 6.07) is 24.3. The molecular weight excluding hydrogens is 350 g/mol. The number of carbonyl (C=O) groups is 1. The highest BCUT2D eigenvalue weighted by atomic mass is 16.5. The number of ether oxygens (including phenoxy) is 2. The third-order valence-corrected chi connectivity index (χ3v) is 3.94. The van der Waals surface area contributed by atoms with Gasteiger partial charge in [0.2, 0.25) is 0 Å². The molecule has 0 aromatic heterocycles. The summed E-state index contributed by atoms with van der Waals surface area (Å²) in [6.45, 7) is 6.64. The normalized spacial score (nSPS) is 10.2. The Bertz CT molecular complexity index is 934. The molecule has 1 N–H and O–H groups in total. The first-order valence-electron chi connectivity index (χ1n) is 9.05. The summed E-state index contributed by atoms with van der Waals surface area (Å²) >= 11 is 0. The fraction of sp³-hybridized carbons (Fsp3) is 0.125. The quantitative estimate of drug-likeness (QED) is 0.532. The van der Waals surface area contributed by atoms with E-state index in [2.05, 4.69) is 11.9 Å². The summed E-state index contributed by atoms with van der Waals surface area (Å²) < 4.78 is 11.4. The van der Waals surface area contributed by atoms with Gasteiger partial charge < -0.3 is 14.8 Å². The van der Waals surface area contributed by atoms with E-state index in [0.717, 1.165) is 16.9 Å². The lowest BCUT2D eigenvalue weighted by atomic mass is 10.2. The monoisotopic (exact) mass is 373 g/mol. The highest BCUT2D eigenvalue weighted by Gasteiger charge is 2.08. The van der Waals surface area contributed by atoms with E-state index in [1.807, 2.05) is 61.5 Å². The predicted molar refractivity (Wildman–Crippen MR) is 112 cm³/mol. The molecule has 142 valence electrons. The third kappa shape index (κ3) is 5.74. The molecule has 4 heteroatoms. The van der Waals surface area contributed by atoms with Crippen molar-refractivity contribution in [2.75, 3.05) is 11.9 Å². The summed E-state index contributed by atoms with van der Waals surface area (Å²) in [4.78, 5) is 12.5. The van der Waals surface area contributed by atoms with Gasteiger partial charge >= 0.3 is 0 Å². The number of carbonyl (C=O) groups excluding carboxylic acids is 1. The minimum Gasteiger partial charge on any atom is -0.489 e. The summed E-state index contributed by atoms with van der Waals surface area (Å²) in [5.74, 6) is 1.19. The lowest BCUT2D eigenvalue weighted by molar-refractivity contribution is 0.102. The van der Waals surface area contributed by atoms with Crippen LogP contribution in [0.4, 0.5) is 5.69 Å². The second-order valence-corrected chi connectivity index (χ2v) is 6.53. The molecule has 0 saturated carbocycles. The zero-order valence-corrected chi connectivity index (χ0v) is 15.9. The van der Waals surface area contributed by atoms with Gasteiger partial charge in [-0.1, -0.05) is 43.0 Å². The molecule has 3 rings (SSSR count). The first-order chi connectivity index (χ1) is 13.6. The van der Waals surface area contributed by atoms with Gasteiger partial charge in [-0.25, -0.2) is 0 Å². The Kier molecular flexibility index (Phi) is 6.47. The number of anilines is 1. The van der Waals surface area contributed by atoms with Gasteiger partial charge in [-0.2, -0.15) is 0 Å². The molecule has 0 heterocycles. The maximum absolute atomic E-state index is 12.5. The second-order valence-electron chi connectivity index (χ2n) is 6.53. The van der Waals surface area contributed by atoms with E-state index < -0.39 is 0 Å². The minimum absolute atomic E-state index is 0.194. The smallest absolute Gasteiger partial charge is 0.255 e. The minimum atomic E-state index is -0.194. The summed E-state index contributed by atoms with van der Waals surface area (Å²) in [6.07, 6.45) is 0. The van der Waals surface area contributed by atoms with Gasteiger partial charge in [0.1, 0.15) is 24.7 Å². The van der Waals surface area contributed by atoms with Gasteiger partial charge in [0.25, 0.3) is 5.91 Å². The van der Waals surface area contributed by atoms with Gasteiger partial charge in [-0.05, 0) is 60.5 Å². The summed E-state index contributed by atoms with van der Waals surface area (Å²) in [7, 11) is 0. The van der Waals surface area contributed by atoms with E-state index in [4.69, 9.17) is 9.47 Å². The van der Waals surface area contributed by atoms with Crippen LogP contribution >= 0.6 is 0 Å². The van der Waals surface area contributed by atoms with Crippen LogP contribution in [0.15, 0.2) is 91.0 Å². The Balaban J connectivity index is 1.59. The van der Waals surface area contributed by atoms with E-state index in [-0.39, 0.29) is 5.91 Å². The summed E-state index contributed by atoms with van der Waals surface area (Å²) in [5, 5.41) is 2.88. The molecule has 0 bridgehead atoms. The van der Waals surface area contributed by atoms with Crippen LogP contribution in [0.2, 0.25) is 0 Å². The molecule has 1 amide bonds. The third-order valence-electron chi connectivity index (χ3n) is 3.94. The van der Waals surface area contributed by atoms with Crippen LogP contribution in [-0.4, -0.2) is 12.5 Å². The molecule has 0 spiro atoms. The molecule has 3 aromatic rings. The van der Waals surface area contributed by atoms with Crippen LogP contribution in [0.25, 0.3) is 0 Å². The molecule has 3 aromatic carbocycles. The molecule has 0 aliphatic rings. The van der Waals surface area contributed by atoms with Crippen molar-refractivity contribution in [3.05, 3.63) is 102 Å². The van der Waals surface area contributed by atoms with Crippen molar-refractivity contribution in [2.24, 2.45) is 0 Å². The van der Waals surface area contributed by atoms with E-state index >= 15 is 0 Å². The Hall–Kier alpha value is -3.53. The van der Waals surface area contributed by atoms with Gasteiger partial charge in [-0.3, -0.25) is 4.79 Å². The molecule has 0 unspecified atom stereocenters. The number of nitrogens with one attached hydrogen (secondary N) is 1. The average molecular weight is 373 g/mol. The van der Waals surface area contributed by atoms with Crippen molar-refractivity contribution in [1.29, 1.82) is 0 Å². The lowest BCUT2D eigenvalue weighted by Gasteiger charge is -2.10. The molecular formula is C24H23NO3. The zero-order chi connectivity index (χ0) is 19.8. The fourth-order valence-corrected chi connectivity index (χ4v) is 2.51. The standard InChI is InChI=1S/C24H23NO3/c1-18(2)16-27-22-13-11-21(12-14-22)25-24(26)20-9-6-10-23(15-20)28-17-19-7-4-3-5-8-19/h3-15H,1,16-17H2,2H3,(H,25,26). The van der Waals surface area contributed by atoms with E-state index in [1.54, 1.807) is 24.3 Å². The Labute approximate surface area is 165 Å². The number of hydrogen-bond acceptors (Lipinski definition) is 3. The highest BCUT2D eigenvalue weighted by molar-refractivity contribution is 6.04. The molecule has 28 heavy (non-hydrogen) atoms. The molecule has 0 atom stereocenters. The second kappa shape index (κ2) is 9.42. The predicted octanol–water partition coefficient (Wildman–Crippen LogP) is 5.47. The molecule has 0 aliphatic carbocycles. The molecule has 0 aliphatic heterocycles. The van der Waals surface area contributed by atoms with Crippen LogP contribution < -0.4 is 14.8 Å². The van der Waals surface area contributed by atoms with Crippen LogP contribution in [-0.2, 0) is 6.61 Å². The number of hydrogen-bond donors (Lipinski definition) is 1. The largest absolute Gasteiger partial charge is 0.489 e. The van der Waals surface area contributed by atoms with Gasteiger partial charge in [-0.15, -0.1) is 0 Å². The van der Waals surface area contributed by atoms with Gasteiger partial charge in [0, 0.05) is 11.3 Å². The average Bonchev–Trinajstić information content (AvgIpc) is 2.72. The Morgan fingerprint density at radius 3 is 2.36 bits per heavy atom. The maximum atomic E-state index is 12.5. The number of amides is 1. The van der Waals surface area contributed by atoms with Crippen molar-refractivity contribution in [1.82, 2.24) is 0 Å². The molecule has 0 saturated heterocycles. The van der Waals surface area contributed by atoms with E-state index in [1.165, 1.54) is 0 Å². The molecule has 0 fully saturated rings. The highest BCUT2D eigenvalue weighted by Crippen LogP contribution is 2.19. The lowest BCUT2D eigenvalue weighted by Crippen LogP contribution is -2.12. The zero-order valence-electron chi connectivity index (χ0n) is 15.9. The first kappa shape index (κ1) is 19.2. The maximum Gasteiger partial charge on any atom is 0.255 e. The van der Waals surface area contributed by atoms with Gasteiger partial charge in [0.05, 0.1) is 0 Å². The Morgan fingerprint density at radius 2 is 1.64 bits per heavy atom. The van der Waals surface area contributed by atoms with Crippen molar-refractivity contribution < 1.29 is 14.3 Å². The van der Waals surface area contributed by atoms with E-state index in [0.29, 0.717) is 30.2 Å². The molecule has 4 nitrogen and oxygen atoms in total. The van der Waals surface area contributed by atoms with Crippen LogP contribution in [0.1, 0.15) is 22.8 Å². The molecule has 0 radical (unpaired) electrons. The summed E-state index contributed by atoms with van der Waals surface area (Å²) in [5.41, 5.74) is 3.26. The van der Waals surface area contributed by atoms with Crippen LogP contribution in [0, 0.1) is 0 Å². The first-order valence-corrected chi connectivity index (χ1v) is 9.05. The van der Waals surface area contributed by atoms with Crippen LogP contribution in [0.3, 0.4) is 0 Å². The van der Waals surface area contributed by atoms with Crippen molar-refractivity contribution in [2.45, 2.75) is 13.5 Å². The SMILES string of the molecule is C=C(C)COc1ccc(NC(=O)c2cccc(OCc3ccccc3)c2)cc1. The van der Waals surface area contributed by atoms with Gasteiger partial charge in [0.15, 0.2) is 0 Å². The Morgan fingerprint density at radius 1 is 0.893 bits per heavy atom. The topological polar surface area (TPSA) is 47.6 Å². The van der Waals surface area contributed by atoms with E-state index in [9.17, 15) is 4.79 Å². The number of benzene rings is 3. The van der Waals surface area contributed by atoms with Crippen molar-refractivity contribution in [3.63, 3.8) is 0 Å².